The predicted molar refractivity (Wildman–Crippen MR) is 92.8 cm³/mol. The fourth-order valence-electron chi connectivity index (χ4n) is 1.49. The molecule has 2 rings (SSSR count). The van der Waals surface area contributed by atoms with Gasteiger partial charge in [-0.05, 0) is 18.2 Å². The van der Waals surface area contributed by atoms with Gasteiger partial charge in [-0.2, -0.15) is 0 Å². The molecule has 1 heterocycles. The summed E-state index contributed by atoms with van der Waals surface area (Å²) in [5, 5.41) is 3.12. The van der Waals surface area contributed by atoms with Crippen LogP contribution < -0.4 is 0 Å². The average molecular weight is 360 g/mol. The third kappa shape index (κ3) is 4.46. The number of hydrogen-bond donors (Lipinski definition) is 0. The summed E-state index contributed by atoms with van der Waals surface area (Å²) >= 11 is 15.1. The molecule has 1 aromatic heterocycles. The first kappa shape index (κ1) is 16.8. The lowest BCUT2D eigenvalue weighted by molar-refractivity contribution is -0.123. The molecule has 0 bridgehead atoms. The molecule has 1 aromatic carbocycles. The van der Waals surface area contributed by atoms with Crippen molar-refractivity contribution in [1.29, 1.82) is 0 Å². The predicted octanol–water partition coefficient (Wildman–Crippen LogP) is 5.82. The molecule has 2 nitrogen and oxygen atoms in total. The van der Waals surface area contributed by atoms with Gasteiger partial charge in [0.05, 0.1) is 16.5 Å². The maximum atomic E-state index is 11.9. The van der Waals surface area contributed by atoms with Crippen LogP contribution in [0, 0.1) is 5.41 Å². The molecule has 0 amide bonds. The molecular weight excluding hydrogens is 345 g/mol. The standard InChI is InChI=1S/C15H15Cl2NOS2/c1-15(2,3)13(19)8-21-14-18-12(7-20-14)10-5-4-9(16)6-11(10)17/h4-7H,8H2,1-3H3. The van der Waals surface area contributed by atoms with Crippen molar-refractivity contribution in [2.45, 2.75) is 25.1 Å². The lowest BCUT2D eigenvalue weighted by Crippen LogP contribution is -2.21. The van der Waals surface area contributed by atoms with E-state index in [1.54, 1.807) is 12.1 Å². The maximum absolute atomic E-state index is 11.9. The van der Waals surface area contributed by atoms with Gasteiger partial charge in [-0.25, -0.2) is 4.98 Å². The van der Waals surface area contributed by atoms with Gasteiger partial charge in [0.2, 0.25) is 0 Å². The molecule has 0 unspecified atom stereocenters. The second-order valence-electron chi connectivity index (χ2n) is 5.58. The summed E-state index contributed by atoms with van der Waals surface area (Å²) in [6.07, 6.45) is 0. The van der Waals surface area contributed by atoms with Crippen molar-refractivity contribution in [1.82, 2.24) is 4.98 Å². The Hall–Kier alpha value is -0.550. The van der Waals surface area contributed by atoms with E-state index < -0.39 is 0 Å². The SMILES string of the molecule is CC(C)(C)C(=O)CSc1nc(-c2ccc(Cl)cc2Cl)cs1. The lowest BCUT2D eigenvalue weighted by Gasteiger charge is -2.15. The normalized spacial score (nSPS) is 11.7. The van der Waals surface area contributed by atoms with E-state index in [0.717, 1.165) is 15.6 Å². The van der Waals surface area contributed by atoms with Crippen molar-refractivity contribution in [3.05, 3.63) is 33.6 Å². The molecule has 6 heteroatoms. The van der Waals surface area contributed by atoms with Crippen LogP contribution in [0.5, 0.6) is 0 Å². The van der Waals surface area contributed by atoms with Crippen molar-refractivity contribution in [2.75, 3.05) is 5.75 Å². The number of nitrogens with zero attached hydrogens (tertiary/aromatic N) is 1. The number of hydrogen-bond acceptors (Lipinski definition) is 4. The average Bonchev–Trinajstić information content (AvgIpc) is 2.83. The molecule has 0 N–H and O–H groups in total. The molecule has 0 aliphatic heterocycles. The molecule has 21 heavy (non-hydrogen) atoms. The highest BCUT2D eigenvalue weighted by Gasteiger charge is 2.21. The van der Waals surface area contributed by atoms with E-state index in [0.29, 0.717) is 15.8 Å². The molecule has 0 spiro atoms. The molecule has 0 atom stereocenters. The van der Waals surface area contributed by atoms with E-state index in [-0.39, 0.29) is 11.2 Å². The van der Waals surface area contributed by atoms with Crippen LogP contribution in [-0.2, 0) is 4.79 Å². The van der Waals surface area contributed by atoms with Crippen LogP contribution >= 0.6 is 46.3 Å². The summed E-state index contributed by atoms with van der Waals surface area (Å²) in [6, 6.07) is 5.35. The van der Waals surface area contributed by atoms with Gasteiger partial charge in [0.1, 0.15) is 5.78 Å². The molecule has 0 aliphatic carbocycles. The fourth-order valence-corrected chi connectivity index (χ4v) is 3.98. The minimum atomic E-state index is -0.313. The van der Waals surface area contributed by atoms with Gasteiger partial charge in [-0.3, -0.25) is 4.79 Å². The Morgan fingerprint density at radius 3 is 2.67 bits per heavy atom. The Kier molecular flexibility index (Phi) is 5.36. The number of benzene rings is 1. The third-order valence-corrected chi connectivity index (χ3v) is 5.42. The minimum absolute atomic E-state index is 0.216. The summed E-state index contributed by atoms with van der Waals surface area (Å²) in [5.41, 5.74) is 1.35. The van der Waals surface area contributed by atoms with E-state index in [2.05, 4.69) is 4.98 Å². The van der Waals surface area contributed by atoms with Crippen LogP contribution in [-0.4, -0.2) is 16.5 Å². The summed E-state index contributed by atoms with van der Waals surface area (Å²) in [4.78, 5) is 16.5. The number of carbonyl (C=O) groups excluding carboxylic acids is 1. The molecule has 0 saturated carbocycles. The smallest absolute Gasteiger partial charge is 0.150 e. The highest BCUT2D eigenvalue weighted by molar-refractivity contribution is 8.01. The van der Waals surface area contributed by atoms with Crippen LogP contribution in [0.25, 0.3) is 11.3 Å². The number of rotatable bonds is 4. The van der Waals surface area contributed by atoms with Gasteiger partial charge in [0.15, 0.2) is 4.34 Å². The zero-order valence-electron chi connectivity index (χ0n) is 11.9. The summed E-state index contributed by atoms with van der Waals surface area (Å²) in [6.45, 7) is 5.78. The number of carbonyl (C=O) groups is 1. The van der Waals surface area contributed by atoms with Gasteiger partial charge < -0.3 is 0 Å². The fraction of sp³-hybridized carbons (Fsp3) is 0.333. The van der Waals surface area contributed by atoms with E-state index in [1.165, 1.54) is 23.1 Å². The zero-order valence-corrected chi connectivity index (χ0v) is 15.1. The molecule has 2 aromatic rings. The first-order valence-electron chi connectivity index (χ1n) is 6.34. The van der Waals surface area contributed by atoms with Crippen molar-refractivity contribution in [2.24, 2.45) is 5.41 Å². The van der Waals surface area contributed by atoms with Gasteiger partial charge >= 0.3 is 0 Å². The largest absolute Gasteiger partial charge is 0.298 e. The summed E-state index contributed by atoms with van der Waals surface area (Å²) in [7, 11) is 0. The van der Waals surface area contributed by atoms with Gasteiger partial charge in [0, 0.05) is 21.4 Å². The highest BCUT2D eigenvalue weighted by atomic mass is 35.5. The van der Waals surface area contributed by atoms with E-state index >= 15 is 0 Å². The Labute approximate surface area is 142 Å². The third-order valence-electron chi connectivity index (χ3n) is 2.85. The summed E-state index contributed by atoms with van der Waals surface area (Å²) < 4.78 is 0.869. The zero-order chi connectivity index (χ0) is 15.6. The first-order valence-corrected chi connectivity index (χ1v) is 8.96. The molecule has 112 valence electrons. The van der Waals surface area contributed by atoms with Crippen molar-refractivity contribution in [3.63, 3.8) is 0 Å². The number of thioether (sulfide) groups is 1. The Balaban J connectivity index is 2.10. The second-order valence-corrected chi connectivity index (χ2v) is 8.51. The molecule has 0 aliphatic rings. The molecule has 0 fully saturated rings. The highest BCUT2D eigenvalue weighted by Crippen LogP contribution is 2.34. The number of thiazole rings is 1. The topological polar surface area (TPSA) is 30.0 Å². The van der Waals surface area contributed by atoms with Crippen molar-refractivity contribution < 1.29 is 4.79 Å². The van der Waals surface area contributed by atoms with Crippen LogP contribution in [0.2, 0.25) is 10.0 Å². The lowest BCUT2D eigenvalue weighted by atomic mass is 9.92. The van der Waals surface area contributed by atoms with E-state index in [4.69, 9.17) is 23.2 Å². The Bertz CT molecular complexity index is 662. The summed E-state index contributed by atoms with van der Waals surface area (Å²) in [5.74, 6) is 0.652. The number of Topliss-reactive ketones (excluding diaryl/α,β-unsaturated/α-hetero) is 1. The Morgan fingerprint density at radius 2 is 2.05 bits per heavy atom. The molecule has 0 radical (unpaired) electrons. The first-order chi connectivity index (χ1) is 9.77. The van der Waals surface area contributed by atoms with Crippen LogP contribution in [0.1, 0.15) is 20.8 Å². The van der Waals surface area contributed by atoms with Crippen LogP contribution in [0.3, 0.4) is 0 Å². The monoisotopic (exact) mass is 359 g/mol. The van der Waals surface area contributed by atoms with E-state index in [1.807, 2.05) is 32.2 Å². The quantitative estimate of drug-likeness (QED) is 0.643. The molecule has 0 saturated heterocycles. The number of ketones is 1. The minimum Gasteiger partial charge on any atom is -0.298 e. The molecular formula is C15H15Cl2NOS2. The van der Waals surface area contributed by atoms with Crippen molar-refractivity contribution in [3.8, 4) is 11.3 Å². The van der Waals surface area contributed by atoms with Gasteiger partial charge in [-0.1, -0.05) is 55.7 Å². The van der Waals surface area contributed by atoms with Crippen molar-refractivity contribution >= 4 is 52.1 Å². The van der Waals surface area contributed by atoms with Gasteiger partial charge in [-0.15, -0.1) is 11.3 Å². The van der Waals surface area contributed by atoms with Gasteiger partial charge in [0.25, 0.3) is 0 Å². The number of halogens is 2. The van der Waals surface area contributed by atoms with Crippen LogP contribution in [0.4, 0.5) is 0 Å². The Morgan fingerprint density at radius 1 is 1.33 bits per heavy atom. The number of aromatic nitrogens is 1. The van der Waals surface area contributed by atoms with Crippen LogP contribution in [0.15, 0.2) is 27.9 Å². The maximum Gasteiger partial charge on any atom is 0.150 e. The second kappa shape index (κ2) is 6.69. The van der Waals surface area contributed by atoms with E-state index in [9.17, 15) is 4.79 Å².